The van der Waals surface area contributed by atoms with Gasteiger partial charge in [0, 0.05) is 38.1 Å². The third-order valence-electron chi connectivity index (χ3n) is 21.1. The molecule has 56 heteroatoms. The van der Waals surface area contributed by atoms with E-state index in [1.807, 2.05) is 16.0 Å². The van der Waals surface area contributed by atoms with E-state index < -0.39 is 340 Å². The van der Waals surface area contributed by atoms with Crippen molar-refractivity contribution in [1.82, 2.24) is 94.9 Å². The molecular weight excluding hydrogens is 1870 g/mol. The second-order valence-electron chi connectivity index (χ2n) is 32.9. The van der Waals surface area contributed by atoms with E-state index in [0.29, 0.717) is 12.0 Å². The van der Waals surface area contributed by atoms with Crippen LogP contribution in [0.2, 0.25) is 0 Å². The zero-order chi connectivity index (χ0) is 105. The first-order valence-electron chi connectivity index (χ1n) is 43.2. The van der Waals surface area contributed by atoms with Crippen molar-refractivity contribution in [3.63, 3.8) is 0 Å². The van der Waals surface area contributed by atoms with Crippen molar-refractivity contribution in [2.75, 3.05) is 32.0 Å². The van der Waals surface area contributed by atoms with Crippen molar-refractivity contribution in [1.29, 1.82) is 0 Å². The lowest BCUT2D eigenvalue weighted by Crippen LogP contribution is -2.61. The zero-order valence-electron chi connectivity index (χ0n) is 76.1. The summed E-state index contributed by atoms with van der Waals surface area (Å²) in [5.41, 5.74) is 16.7. The van der Waals surface area contributed by atoms with Crippen LogP contribution in [0.1, 0.15) is 136 Å². The van der Waals surface area contributed by atoms with Crippen molar-refractivity contribution >= 4 is 167 Å². The van der Waals surface area contributed by atoms with Crippen molar-refractivity contribution in [2.24, 2.45) is 23.1 Å². The van der Waals surface area contributed by atoms with Gasteiger partial charge in [0.15, 0.2) is 0 Å². The molecule has 0 radical (unpaired) electrons. The number of aromatic hydroxyl groups is 1. The summed E-state index contributed by atoms with van der Waals surface area (Å²) < 4.78 is 0. The Morgan fingerprint density at radius 3 is 1.20 bits per heavy atom. The van der Waals surface area contributed by atoms with Crippen molar-refractivity contribution < 1.29 is 166 Å². The summed E-state index contributed by atoms with van der Waals surface area (Å²) in [6.45, 7) is 5.15. The minimum Gasteiger partial charge on any atom is -0.508 e. The van der Waals surface area contributed by atoms with Crippen LogP contribution in [-0.4, -0.2) is 345 Å². The summed E-state index contributed by atoms with van der Waals surface area (Å²) in [5, 5.41) is 114. The molecule has 30 N–H and O–H groups in total. The fraction of sp³-hybridized carbons (Fsp3) is 0.542. The first-order valence-corrected chi connectivity index (χ1v) is 43.9. The molecule has 2 aromatic carbocycles. The number of aliphatic hydroxyl groups excluding tert-OH is 1. The number of hydrogen-bond donors (Lipinski definition) is 28. The number of phenols is 1. The van der Waals surface area contributed by atoms with Gasteiger partial charge in [0.05, 0.1) is 57.7 Å². The van der Waals surface area contributed by atoms with E-state index >= 15 is 0 Å². The van der Waals surface area contributed by atoms with Crippen LogP contribution in [0.3, 0.4) is 0 Å². The maximum absolute atomic E-state index is 14.6. The Balaban J connectivity index is 1.48. The van der Waals surface area contributed by atoms with Gasteiger partial charge in [0.1, 0.15) is 108 Å². The Hall–Kier alpha value is -15.3. The van der Waals surface area contributed by atoms with Crippen LogP contribution in [0, 0.1) is 5.92 Å². The quantitative estimate of drug-likeness (QED) is 0.0274. The largest absolute Gasteiger partial charge is 0.508 e. The molecule has 0 bridgehead atoms. The molecule has 2 fully saturated rings. The number of carbonyl (C=O) groups excluding carboxylic acids is 20. The lowest BCUT2D eigenvalue weighted by molar-refractivity contribution is -0.144. The molecule has 2 saturated heterocycles. The van der Waals surface area contributed by atoms with E-state index in [9.17, 15) is 166 Å². The molecule has 18 atom stereocenters. The van der Waals surface area contributed by atoms with Crippen LogP contribution in [0.4, 0.5) is 0 Å². The molecule has 764 valence electrons. The number of primary amides is 2. The predicted octanol–water partition coefficient (Wildman–Crippen LogP) is -11.5. The number of carboxylic acids is 6. The number of carbonyl (C=O) groups is 26. The molecule has 0 spiro atoms. The molecule has 139 heavy (non-hydrogen) atoms. The number of nitrogens with zero attached hydrogens (tertiary/aromatic N) is 2. The fourth-order valence-electron chi connectivity index (χ4n) is 13.9. The number of nitrogens with one attached hydrogen (secondary N) is 16. The number of rotatable bonds is 58. The second kappa shape index (κ2) is 56.3. The summed E-state index contributed by atoms with van der Waals surface area (Å²) in [6, 6.07) is -19.0. The molecular formula is C83H117N21O34S. The highest BCUT2D eigenvalue weighted by atomic mass is 32.1. The van der Waals surface area contributed by atoms with Gasteiger partial charge in [0.25, 0.3) is 0 Å². The molecule has 0 aliphatic carbocycles. The van der Waals surface area contributed by atoms with Crippen LogP contribution in [0.25, 0.3) is 0 Å². The number of thiol groups is 1. The van der Waals surface area contributed by atoms with E-state index in [4.69, 9.17) is 17.2 Å². The minimum atomic E-state index is -2.23. The molecule has 55 nitrogen and oxygen atoms in total. The van der Waals surface area contributed by atoms with Gasteiger partial charge in [-0.2, -0.15) is 12.6 Å². The maximum atomic E-state index is 14.6. The highest BCUT2D eigenvalue weighted by molar-refractivity contribution is 7.80. The Bertz CT molecular complexity index is 4880. The van der Waals surface area contributed by atoms with E-state index in [2.05, 4.69) is 81.7 Å². The number of likely N-dealkylation sites (tertiary alicyclic amines) is 2. The molecule has 2 aromatic rings. The Kier molecular flexibility index (Phi) is 47.0. The molecule has 0 saturated carbocycles. The van der Waals surface area contributed by atoms with Gasteiger partial charge in [-0.05, 0) is 95.4 Å². The van der Waals surface area contributed by atoms with Crippen LogP contribution >= 0.6 is 12.6 Å². The average molecular weight is 1990 g/mol. The van der Waals surface area contributed by atoms with Crippen LogP contribution in [0.5, 0.6) is 5.75 Å². The smallest absolute Gasteiger partial charge is 0.327 e. The molecule has 2 heterocycles. The fourth-order valence-corrected chi connectivity index (χ4v) is 14.1. The third kappa shape index (κ3) is 39.5. The number of aliphatic carboxylic acids is 6. The minimum absolute atomic E-state index is 0.0684. The summed E-state index contributed by atoms with van der Waals surface area (Å²) in [7, 11) is 0. The van der Waals surface area contributed by atoms with Gasteiger partial charge >= 0.3 is 35.8 Å². The predicted molar refractivity (Wildman–Crippen MR) is 476 cm³/mol. The van der Waals surface area contributed by atoms with Gasteiger partial charge in [0.2, 0.25) is 118 Å². The maximum Gasteiger partial charge on any atom is 0.327 e. The highest BCUT2D eigenvalue weighted by Crippen LogP contribution is 2.23. The first-order chi connectivity index (χ1) is 65.1. The van der Waals surface area contributed by atoms with Crippen molar-refractivity contribution in [2.45, 2.75) is 247 Å². The SMILES string of the molecule is CC(C)C[C@H](NC(=O)[C@H](CC(N)=O)NC(=O)[C@H](C)NC(=O)[C@H](CC(=O)O)NC(=O)[C@H](Cc1ccc(O)cc1)NC(=O)[C@H](CC(=O)O)NC(=O)CNC(=O)[C@H](CC(=O)O)NC(=O)[C@@H]1CCCN1C(=O)[C@H](Cc1ccccc1)NC(=O)[C@H](CO)NC(=O)[C@H](CC(=O)O)NC(=O)[C@@H](N)CC(N)=O)C(=O)N[C@@H](CCC(=O)O)C(=O)N[C@@H](C)C(=O)N[C@@H](C)C(=O)N[C@@H](C)C(=O)N1CCC[C@H]1C(=O)N[C@@H](CS)C(=O)O. The van der Waals surface area contributed by atoms with E-state index in [-0.39, 0.29) is 62.3 Å². The normalized spacial score (nSPS) is 16.6. The zero-order valence-corrected chi connectivity index (χ0v) is 77.0. The van der Waals surface area contributed by atoms with Gasteiger partial charge in [-0.1, -0.05) is 56.3 Å². The monoisotopic (exact) mass is 1980 g/mol. The molecule has 2 aliphatic heterocycles. The Labute approximate surface area is 796 Å². The summed E-state index contributed by atoms with van der Waals surface area (Å²) in [5.74, 6) is -34.8. The number of carboxylic acid groups (broad SMARTS) is 6. The van der Waals surface area contributed by atoms with E-state index in [1.165, 1.54) is 38.1 Å². The molecule has 20 amide bonds. The topological polar surface area (TPSA) is 883 Å². The lowest BCUT2D eigenvalue weighted by atomic mass is 10.0. The average Bonchev–Trinajstić information content (AvgIpc) is 1.68. The van der Waals surface area contributed by atoms with Crippen molar-refractivity contribution in [3.05, 3.63) is 65.7 Å². The van der Waals surface area contributed by atoms with E-state index in [0.717, 1.165) is 35.8 Å². The van der Waals surface area contributed by atoms with Crippen LogP contribution in [0.15, 0.2) is 54.6 Å². The Morgan fingerprint density at radius 1 is 0.374 bits per heavy atom. The number of nitrogens with two attached hydrogens (primary N) is 3. The Morgan fingerprint density at radius 2 is 0.734 bits per heavy atom. The third-order valence-corrected chi connectivity index (χ3v) is 21.5. The second-order valence-corrected chi connectivity index (χ2v) is 33.3. The lowest BCUT2D eigenvalue weighted by Gasteiger charge is -2.30. The number of phenolic OH excluding ortho intramolecular Hbond substituents is 1. The summed E-state index contributed by atoms with van der Waals surface area (Å²) >= 11 is 3.93. The molecule has 4 rings (SSSR count). The van der Waals surface area contributed by atoms with Gasteiger partial charge in [-0.3, -0.25) is 120 Å². The van der Waals surface area contributed by atoms with Gasteiger partial charge in [-0.25, -0.2) is 4.79 Å². The van der Waals surface area contributed by atoms with Crippen LogP contribution < -0.4 is 102 Å². The molecule has 0 aromatic heterocycles. The van der Waals surface area contributed by atoms with E-state index in [1.54, 1.807) is 32.0 Å². The summed E-state index contributed by atoms with van der Waals surface area (Å²) in [4.78, 5) is 346. The number of hydrogen-bond acceptors (Lipinski definition) is 30. The van der Waals surface area contributed by atoms with Crippen LogP contribution in [-0.2, 0) is 137 Å². The van der Waals surface area contributed by atoms with Gasteiger partial charge < -0.3 is 153 Å². The molecule has 0 unspecified atom stereocenters. The highest BCUT2D eigenvalue weighted by Gasteiger charge is 2.44. The number of amides is 20. The standard InChI is InChI=1S/C83H117N21O34S/c1-36(2)24-46(73(127)93-45(20-21-61(110)111)71(125)89-38(4)66(120)88-37(3)67(121)91-40(6)81(135)103-22-10-14-56(103)80(134)102-55(35-139)83(137)138)96-75(129)48(28-59(86)108)94-68(122)39(5)90-72(126)51(31-64(116)117)98-74(128)47(25-42-16-18-43(106)19-17-42)97-76(130)50(30-63(114)115)92-60(109)33-87-70(124)49(29-62(112)113)99-79(133)57-15-11-23-104(57)82(136)53(26-41-12-8-7-9-13-41)100-78(132)54(34-105)101-77(131)52(32-65(118)119)95-69(123)44(84)27-58(85)107/h7-9,12-13,16-19,36-40,44-57,105-106,139H,10-11,14-15,20-35,84H2,1-6H3,(H2,85,107)(H2,86,108)(H,87,124)(H,88,120)(H,89,125)(H,90,126)(H,91,121)(H,92,109)(H,93,127)(H,94,122)(H,95,123)(H,96,129)(H,97,130)(H,98,128)(H,99,133)(H,100,132)(H,101,131)(H,102,134)(H,110,111)(H,112,113)(H,114,115)(H,116,117)(H,118,119)(H,137,138)/t37-,38-,39-,40-,44-,45-,46-,47-,48-,49-,50-,51-,52-,53-,54-,55-,56-,57-/m0/s1. The van der Waals surface area contributed by atoms with Crippen molar-refractivity contribution in [3.8, 4) is 5.75 Å². The number of benzene rings is 2. The molecule has 2 aliphatic rings. The first kappa shape index (κ1) is 116. The summed E-state index contributed by atoms with van der Waals surface area (Å²) in [6.07, 6.45) is -9.00. The number of aliphatic hydroxyl groups is 1. The van der Waals surface area contributed by atoms with Gasteiger partial charge in [-0.15, -0.1) is 0 Å².